The third-order valence-corrected chi connectivity index (χ3v) is 5.38. The van der Waals surface area contributed by atoms with Gasteiger partial charge in [0.15, 0.2) is 5.78 Å². The fourth-order valence-corrected chi connectivity index (χ4v) is 3.53. The van der Waals surface area contributed by atoms with Crippen LogP contribution < -0.4 is 10.1 Å². The molecule has 176 valence electrons. The number of benzene rings is 2. The number of nitrogens with one attached hydrogen (secondary N) is 2. The molecule has 0 aliphatic heterocycles. The number of halogens is 3. The second kappa shape index (κ2) is 10.6. The van der Waals surface area contributed by atoms with E-state index < -0.39 is 17.5 Å². The summed E-state index contributed by atoms with van der Waals surface area (Å²) in [5, 5.41) is 11.2. The predicted octanol–water partition coefficient (Wildman–Crippen LogP) is 5.10. The fraction of sp³-hybridized carbons (Fsp3) is 0.167. The topological polar surface area (TPSA) is 95.4 Å². The van der Waals surface area contributed by atoms with Crippen molar-refractivity contribution in [3.63, 3.8) is 0 Å². The molecule has 10 heteroatoms. The lowest BCUT2D eigenvalue weighted by Gasteiger charge is -2.16. The Balaban J connectivity index is 1.94. The Morgan fingerprint density at radius 2 is 1.82 bits per heavy atom. The minimum Gasteiger partial charge on any atom is -0.496 e. The van der Waals surface area contributed by atoms with E-state index in [1.807, 2.05) is 0 Å². The van der Waals surface area contributed by atoms with E-state index in [1.54, 1.807) is 20.2 Å². The van der Waals surface area contributed by atoms with Gasteiger partial charge in [0.05, 0.1) is 17.7 Å². The summed E-state index contributed by atoms with van der Waals surface area (Å²) < 4.78 is 20.1. The number of Topliss-reactive ketones (excluding diaryl/α,β-unsaturated/α-hetero) is 1. The molecule has 7 nitrogen and oxygen atoms in total. The number of methoxy groups -OCH3 is 1. The van der Waals surface area contributed by atoms with Gasteiger partial charge in [0.25, 0.3) is 5.91 Å². The summed E-state index contributed by atoms with van der Waals surface area (Å²) in [6.07, 6.45) is 1.06. The molecule has 0 atom stereocenters. The first-order valence-electron chi connectivity index (χ1n) is 9.99. The highest BCUT2D eigenvalue weighted by Gasteiger charge is 2.23. The van der Waals surface area contributed by atoms with Crippen LogP contribution in [0, 0.1) is 11.2 Å². The van der Waals surface area contributed by atoms with Crippen molar-refractivity contribution in [2.24, 2.45) is 0 Å². The van der Waals surface area contributed by atoms with Crippen molar-refractivity contribution in [2.75, 3.05) is 26.5 Å². The number of anilines is 1. The molecule has 0 unspecified atom stereocenters. The molecule has 2 N–H and O–H groups in total. The molecule has 0 radical (unpaired) electrons. The first-order chi connectivity index (χ1) is 16.1. The number of amidine groups is 1. The second-order valence-electron chi connectivity index (χ2n) is 7.49. The Kier molecular flexibility index (Phi) is 7.86. The quantitative estimate of drug-likeness (QED) is 0.266. The molecule has 0 aliphatic carbocycles. The normalized spacial score (nSPS) is 10.5. The standard InChI is InChI=1S/C24H21Cl2FN4O3/c1-31(2)23(28)13-4-6-16(19(27)8-13)20(32)11-17-18(9-15(26)10-21(17)34-3)24(33)30-22-7-5-14(25)12-29-22/h4-10,12,28H,11H2,1-3H3,(H,29,30,33). The van der Waals surface area contributed by atoms with E-state index in [2.05, 4.69) is 10.3 Å². The van der Waals surface area contributed by atoms with E-state index in [4.69, 9.17) is 33.3 Å². The molecule has 0 fully saturated rings. The zero-order valence-corrected chi connectivity index (χ0v) is 20.1. The maximum absolute atomic E-state index is 14.8. The zero-order chi connectivity index (χ0) is 25.0. The number of hydrogen-bond acceptors (Lipinski definition) is 5. The lowest BCUT2D eigenvalue weighted by molar-refractivity contribution is 0.0987. The largest absolute Gasteiger partial charge is 0.496 e. The van der Waals surface area contributed by atoms with E-state index >= 15 is 0 Å². The predicted molar refractivity (Wildman–Crippen MR) is 130 cm³/mol. The second-order valence-corrected chi connectivity index (χ2v) is 8.36. The van der Waals surface area contributed by atoms with E-state index in [1.165, 1.54) is 48.5 Å². The van der Waals surface area contributed by atoms with Crippen LogP contribution in [0.15, 0.2) is 48.7 Å². The molecule has 3 rings (SSSR count). The Labute approximate surface area is 206 Å². The van der Waals surface area contributed by atoms with Crippen molar-refractivity contribution in [3.8, 4) is 5.75 Å². The number of pyridine rings is 1. The molecule has 1 aromatic heterocycles. The number of aromatic nitrogens is 1. The number of rotatable bonds is 7. The minimum absolute atomic E-state index is 0.0841. The van der Waals surface area contributed by atoms with Crippen LogP contribution in [0.5, 0.6) is 5.75 Å². The van der Waals surface area contributed by atoms with Crippen molar-refractivity contribution in [1.29, 1.82) is 5.41 Å². The highest BCUT2D eigenvalue weighted by Crippen LogP contribution is 2.30. The number of ketones is 1. The van der Waals surface area contributed by atoms with Crippen molar-refractivity contribution >= 4 is 46.5 Å². The van der Waals surface area contributed by atoms with Crippen LogP contribution in [-0.2, 0) is 6.42 Å². The maximum atomic E-state index is 14.8. The number of amides is 1. The lowest BCUT2D eigenvalue weighted by Crippen LogP contribution is -2.22. The van der Waals surface area contributed by atoms with Gasteiger partial charge in [-0.25, -0.2) is 9.37 Å². The van der Waals surface area contributed by atoms with Gasteiger partial charge in [-0.1, -0.05) is 29.3 Å². The summed E-state index contributed by atoms with van der Waals surface area (Å²) in [5.74, 6) is -1.35. The summed E-state index contributed by atoms with van der Waals surface area (Å²) in [7, 11) is 4.71. The highest BCUT2D eigenvalue weighted by atomic mass is 35.5. The van der Waals surface area contributed by atoms with Gasteiger partial charge in [0, 0.05) is 48.4 Å². The Hall–Kier alpha value is -3.49. The van der Waals surface area contributed by atoms with Crippen LogP contribution >= 0.6 is 23.2 Å². The molecule has 34 heavy (non-hydrogen) atoms. The van der Waals surface area contributed by atoms with Crippen LogP contribution in [-0.4, -0.2) is 48.6 Å². The number of hydrogen-bond donors (Lipinski definition) is 2. The monoisotopic (exact) mass is 502 g/mol. The van der Waals surface area contributed by atoms with Gasteiger partial charge in [-0.05, 0) is 36.4 Å². The maximum Gasteiger partial charge on any atom is 0.257 e. The van der Waals surface area contributed by atoms with E-state index in [0.717, 1.165) is 6.07 Å². The number of carbonyl (C=O) groups is 2. The first kappa shape index (κ1) is 25.1. The Morgan fingerprint density at radius 1 is 1.09 bits per heavy atom. The van der Waals surface area contributed by atoms with Gasteiger partial charge in [0.2, 0.25) is 0 Å². The summed E-state index contributed by atoms with van der Waals surface area (Å²) in [5.41, 5.74) is 0.491. The van der Waals surface area contributed by atoms with Crippen molar-refractivity contribution in [1.82, 2.24) is 9.88 Å². The van der Waals surface area contributed by atoms with Crippen molar-refractivity contribution in [2.45, 2.75) is 6.42 Å². The minimum atomic E-state index is -0.765. The summed E-state index contributed by atoms with van der Waals surface area (Å²) in [6, 6.07) is 9.91. The molecule has 1 amide bonds. The van der Waals surface area contributed by atoms with Gasteiger partial charge in [-0.3, -0.25) is 15.0 Å². The number of carbonyl (C=O) groups excluding carboxylic acids is 2. The Bertz CT molecular complexity index is 1260. The first-order valence-corrected chi connectivity index (χ1v) is 10.7. The van der Waals surface area contributed by atoms with E-state index in [-0.39, 0.29) is 45.5 Å². The molecule has 2 aromatic carbocycles. The van der Waals surface area contributed by atoms with Crippen molar-refractivity contribution in [3.05, 3.63) is 86.8 Å². The van der Waals surface area contributed by atoms with Crippen LogP contribution in [0.2, 0.25) is 10.0 Å². The van der Waals surface area contributed by atoms with Gasteiger partial charge in [-0.15, -0.1) is 0 Å². The average molecular weight is 503 g/mol. The smallest absolute Gasteiger partial charge is 0.257 e. The number of nitrogens with zero attached hydrogens (tertiary/aromatic N) is 2. The van der Waals surface area contributed by atoms with Crippen LogP contribution in [0.25, 0.3) is 0 Å². The summed E-state index contributed by atoms with van der Waals surface area (Å²) in [4.78, 5) is 31.6. The third-order valence-electron chi connectivity index (χ3n) is 4.93. The SMILES string of the molecule is COc1cc(Cl)cc(C(=O)Nc2ccc(Cl)cn2)c1CC(=O)c1ccc(C(=N)N(C)C)cc1F. The highest BCUT2D eigenvalue weighted by molar-refractivity contribution is 6.31. The van der Waals surface area contributed by atoms with Gasteiger partial charge in [-0.2, -0.15) is 0 Å². The molecule has 0 spiro atoms. The molecule has 0 aliphatic rings. The number of ether oxygens (including phenoxy) is 1. The third kappa shape index (κ3) is 5.70. The van der Waals surface area contributed by atoms with Crippen LogP contribution in [0.4, 0.5) is 10.2 Å². The lowest BCUT2D eigenvalue weighted by atomic mass is 9.96. The van der Waals surface area contributed by atoms with Crippen molar-refractivity contribution < 1.29 is 18.7 Å². The van der Waals surface area contributed by atoms with Crippen LogP contribution in [0.3, 0.4) is 0 Å². The molecular weight excluding hydrogens is 482 g/mol. The van der Waals surface area contributed by atoms with Gasteiger partial charge in [0.1, 0.15) is 23.2 Å². The molecule has 0 saturated carbocycles. The summed E-state index contributed by atoms with van der Waals surface area (Å²) in [6.45, 7) is 0. The summed E-state index contributed by atoms with van der Waals surface area (Å²) >= 11 is 12.0. The van der Waals surface area contributed by atoms with E-state index in [0.29, 0.717) is 10.6 Å². The molecule has 3 aromatic rings. The molecular formula is C24H21Cl2FN4O3. The zero-order valence-electron chi connectivity index (χ0n) is 18.6. The van der Waals surface area contributed by atoms with E-state index in [9.17, 15) is 14.0 Å². The Morgan fingerprint density at radius 3 is 2.41 bits per heavy atom. The molecule has 0 bridgehead atoms. The average Bonchev–Trinajstić information content (AvgIpc) is 2.80. The van der Waals surface area contributed by atoms with Gasteiger partial charge >= 0.3 is 0 Å². The fourth-order valence-electron chi connectivity index (χ4n) is 3.21. The molecule has 1 heterocycles. The van der Waals surface area contributed by atoms with Gasteiger partial charge < -0.3 is 15.0 Å². The molecule has 0 saturated heterocycles. The van der Waals surface area contributed by atoms with Crippen LogP contribution in [0.1, 0.15) is 31.8 Å².